The number of carbonyl (C=O) groups is 2. The van der Waals surface area contributed by atoms with Crippen molar-refractivity contribution in [3.63, 3.8) is 0 Å². The van der Waals surface area contributed by atoms with E-state index in [-0.39, 0.29) is 17.7 Å². The number of benzene rings is 1. The third-order valence-corrected chi connectivity index (χ3v) is 7.88. The van der Waals surface area contributed by atoms with Gasteiger partial charge in [-0.25, -0.2) is 0 Å². The van der Waals surface area contributed by atoms with Gasteiger partial charge in [0.1, 0.15) is 0 Å². The van der Waals surface area contributed by atoms with E-state index >= 15 is 0 Å². The number of thiophene rings is 1. The predicted octanol–water partition coefficient (Wildman–Crippen LogP) is 4.31. The van der Waals surface area contributed by atoms with Crippen LogP contribution >= 0.6 is 23.1 Å². The molecule has 2 bridgehead atoms. The van der Waals surface area contributed by atoms with Crippen LogP contribution in [0, 0.1) is 5.92 Å². The van der Waals surface area contributed by atoms with Gasteiger partial charge in [0.2, 0.25) is 0 Å². The first-order chi connectivity index (χ1) is 13.0. The fourth-order valence-corrected chi connectivity index (χ4v) is 6.11. The van der Waals surface area contributed by atoms with Gasteiger partial charge in [0.05, 0.1) is 4.21 Å². The maximum atomic E-state index is 12.7. The Balaban J connectivity index is 1.39. The zero-order chi connectivity index (χ0) is 19.0. The van der Waals surface area contributed by atoms with Gasteiger partial charge in [-0.2, -0.15) is 0 Å². The highest BCUT2D eigenvalue weighted by atomic mass is 32.2. The van der Waals surface area contributed by atoms with E-state index in [9.17, 15) is 9.59 Å². The number of amides is 1. The highest BCUT2D eigenvalue weighted by molar-refractivity contribution is 8.01. The summed E-state index contributed by atoms with van der Waals surface area (Å²) in [5.41, 5.74) is 1.46. The number of nitrogens with zero attached hydrogens (tertiary/aromatic N) is 1. The maximum Gasteiger partial charge on any atom is 0.251 e. The van der Waals surface area contributed by atoms with Gasteiger partial charge in [-0.05, 0) is 76.0 Å². The molecule has 2 aromatic rings. The molecule has 0 saturated carbocycles. The Bertz CT molecular complexity index is 836. The van der Waals surface area contributed by atoms with Crippen molar-refractivity contribution in [1.29, 1.82) is 0 Å². The normalized spacial score (nSPS) is 26.7. The number of nitrogens with one attached hydrogen (secondary N) is 1. The quantitative estimate of drug-likeness (QED) is 0.760. The Hall–Kier alpha value is -1.63. The molecule has 1 N–H and O–H groups in total. The molecule has 1 aromatic carbocycles. The van der Waals surface area contributed by atoms with Gasteiger partial charge in [0, 0.05) is 33.5 Å². The van der Waals surface area contributed by atoms with Crippen molar-refractivity contribution >= 4 is 34.8 Å². The van der Waals surface area contributed by atoms with Crippen LogP contribution in [0.4, 0.5) is 0 Å². The fourth-order valence-electron chi connectivity index (χ4n) is 4.13. The SMILES string of the molecule is CC(=O)c1csc(Sc2ccc(C(=O)N[C@@H]3C4CCN(CC4)[C@H]3C)cc2)c1. The molecule has 0 spiro atoms. The Kier molecular flexibility index (Phi) is 5.39. The number of fused-ring (bicyclic) bond motifs is 3. The molecule has 4 heterocycles. The number of hydrogen-bond acceptors (Lipinski definition) is 5. The summed E-state index contributed by atoms with van der Waals surface area (Å²) in [5, 5.41) is 5.17. The van der Waals surface area contributed by atoms with Crippen molar-refractivity contribution in [1.82, 2.24) is 10.2 Å². The topological polar surface area (TPSA) is 49.4 Å². The molecule has 3 aliphatic rings. The first-order valence-corrected chi connectivity index (χ1v) is 11.1. The minimum atomic E-state index is 0.0205. The maximum absolute atomic E-state index is 12.7. The number of hydrogen-bond donors (Lipinski definition) is 1. The van der Waals surface area contributed by atoms with Crippen LogP contribution in [0.5, 0.6) is 0 Å². The van der Waals surface area contributed by atoms with E-state index in [4.69, 9.17) is 0 Å². The summed E-state index contributed by atoms with van der Waals surface area (Å²) in [7, 11) is 0. The minimum absolute atomic E-state index is 0.0205. The Morgan fingerprint density at radius 2 is 1.85 bits per heavy atom. The van der Waals surface area contributed by atoms with Crippen molar-refractivity contribution < 1.29 is 9.59 Å². The molecule has 6 heteroatoms. The van der Waals surface area contributed by atoms with Crippen LogP contribution in [0.2, 0.25) is 0 Å². The standard InChI is InChI=1S/C21H24N2O2S2/c1-13-20(15-7-9-23(13)10-8-15)22-21(25)16-3-5-18(6-4-16)27-19-11-17(12-26-19)14(2)24/h3-6,11-13,15,20H,7-10H2,1-2H3,(H,22,25)/t13-,20-/m0/s1. The van der Waals surface area contributed by atoms with E-state index in [1.807, 2.05) is 35.7 Å². The average molecular weight is 401 g/mol. The van der Waals surface area contributed by atoms with E-state index < -0.39 is 0 Å². The second-order valence-corrected chi connectivity index (χ2v) is 9.74. The summed E-state index contributed by atoms with van der Waals surface area (Å²) >= 11 is 3.19. The van der Waals surface area contributed by atoms with Crippen LogP contribution in [-0.2, 0) is 0 Å². The molecule has 27 heavy (non-hydrogen) atoms. The molecule has 3 saturated heterocycles. The highest BCUT2D eigenvalue weighted by Crippen LogP contribution is 2.34. The minimum Gasteiger partial charge on any atom is -0.347 e. The third-order valence-electron chi connectivity index (χ3n) is 5.79. The van der Waals surface area contributed by atoms with Crippen molar-refractivity contribution in [3.8, 4) is 0 Å². The Morgan fingerprint density at radius 3 is 2.44 bits per heavy atom. The van der Waals surface area contributed by atoms with Gasteiger partial charge in [0.15, 0.2) is 5.78 Å². The molecule has 1 amide bonds. The van der Waals surface area contributed by atoms with E-state index in [2.05, 4.69) is 17.1 Å². The van der Waals surface area contributed by atoms with Gasteiger partial charge in [-0.3, -0.25) is 14.5 Å². The van der Waals surface area contributed by atoms with Crippen molar-refractivity contribution in [2.75, 3.05) is 13.1 Å². The van der Waals surface area contributed by atoms with Gasteiger partial charge in [0.25, 0.3) is 5.91 Å². The van der Waals surface area contributed by atoms with E-state index in [1.165, 1.54) is 12.8 Å². The summed E-state index contributed by atoms with van der Waals surface area (Å²) in [6.45, 7) is 6.14. The van der Waals surface area contributed by atoms with Gasteiger partial charge in [-0.15, -0.1) is 11.3 Å². The summed E-state index contributed by atoms with van der Waals surface area (Å²) in [6.07, 6.45) is 2.38. The smallest absolute Gasteiger partial charge is 0.251 e. The highest BCUT2D eigenvalue weighted by Gasteiger charge is 2.40. The zero-order valence-corrected chi connectivity index (χ0v) is 17.2. The molecule has 0 aliphatic carbocycles. The lowest BCUT2D eigenvalue weighted by Crippen LogP contribution is -2.62. The van der Waals surface area contributed by atoms with Crippen LogP contribution in [0.3, 0.4) is 0 Å². The van der Waals surface area contributed by atoms with Gasteiger partial charge < -0.3 is 5.32 Å². The number of piperidine rings is 3. The predicted molar refractivity (Wildman–Crippen MR) is 110 cm³/mol. The monoisotopic (exact) mass is 400 g/mol. The zero-order valence-electron chi connectivity index (χ0n) is 15.6. The third kappa shape index (κ3) is 3.98. The molecule has 3 aliphatic heterocycles. The van der Waals surface area contributed by atoms with Gasteiger partial charge >= 0.3 is 0 Å². The van der Waals surface area contributed by atoms with Crippen LogP contribution in [0.15, 0.2) is 44.8 Å². The van der Waals surface area contributed by atoms with Crippen LogP contribution in [0.25, 0.3) is 0 Å². The number of carbonyl (C=O) groups excluding carboxylic acids is 2. The van der Waals surface area contributed by atoms with Crippen LogP contribution in [0.1, 0.15) is 47.4 Å². The average Bonchev–Trinajstić information content (AvgIpc) is 3.14. The molecule has 1 aromatic heterocycles. The Labute approximate surface area is 168 Å². The lowest BCUT2D eigenvalue weighted by atomic mass is 9.79. The van der Waals surface area contributed by atoms with Gasteiger partial charge in [-0.1, -0.05) is 11.8 Å². The summed E-state index contributed by atoms with van der Waals surface area (Å²) in [4.78, 5) is 27.7. The molecule has 4 nitrogen and oxygen atoms in total. The lowest BCUT2D eigenvalue weighted by molar-refractivity contribution is 0.0217. The van der Waals surface area contributed by atoms with Crippen LogP contribution in [-0.4, -0.2) is 41.8 Å². The molecular weight excluding hydrogens is 376 g/mol. The molecule has 3 fully saturated rings. The fraction of sp³-hybridized carbons (Fsp3) is 0.429. The first kappa shape index (κ1) is 18.7. The molecule has 0 radical (unpaired) electrons. The number of ketones is 1. The van der Waals surface area contributed by atoms with E-state index in [1.54, 1.807) is 30.0 Å². The molecule has 142 valence electrons. The van der Waals surface area contributed by atoms with Crippen molar-refractivity contribution in [2.45, 2.75) is 47.9 Å². The van der Waals surface area contributed by atoms with Crippen molar-refractivity contribution in [2.24, 2.45) is 5.92 Å². The largest absolute Gasteiger partial charge is 0.347 e. The second-order valence-electron chi connectivity index (χ2n) is 7.45. The first-order valence-electron chi connectivity index (χ1n) is 9.43. The lowest BCUT2D eigenvalue weighted by Gasteiger charge is -2.49. The van der Waals surface area contributed by atoms with E-state index in [0.29, 0.717) is 17.5 Å². The Morgan fingerprint density at radius 1 is 1.15 bits per heavy atom. The molecule has 5 rings (SSSR count). The summed E-state index contributed by atoms with van der Waals surface area (Å²) in [6, 6.07) is 10.3. The second kappa shape index (κ2) is 7.78. The number of Topliss-reactive ketones (excluding diaryl/α,β-unsaturated/α-hetero) is 1. The molecular formula is C21H24N2O2S2. The summed E-state index contributed by atoms with van der Waals surface area (Å²) in [5.74, 6) is 0.720. The number of rotatable bonds is 5. The van der Waals surface area contributed by atoms with Crippen molar-refractivity contribution in [3.05, 3.63) is 46.8 Å². The van der Waals surface area contributed by atoms with E-state index in [0.717, 1.165) is 27.8 Å². The molecule has 0 unspecified atom stereocenters. The van der Waals surface area contributed by atoms with Crippen LogP contribution < -0.4 is 5.32 Å². The molecule has 2 atom stereocenters. The summed E-state index contributed by atoms with van der Waals surface area (Å²) < 4.78 is 1.08.